The molecule has 2 aromatic carbocycles. The Kier molecular flexibility index (Phi) is 8.56. The second-order valence-electron chi connectivity index (χ2n) is 8.99. The summed E-state index contributed by atoms with van der Waals surface area (Å²) >= 11 is 7.54. The Morgan fingerprint density at radius 2 is 1.92 bits per heavy atom. The summed E-state index contributed by atoms with van der Waals surface area (Å²) in [5.41, 5.74) is 3.65. The first-order chi connectivity index (χ1) is 17.7. The van der Waals surface area contributed by atoms with Crippen LogP contribution in [-0.4, -0.2) is 65.2 Å². The first-order valence-corrected chi connectivity index (χ1v) is 13.3. The molecule has 1 aliphatic rings. The van der Waals surface area contributed by atoms with Crippen molar-refractivity contribution in [2.45, 2.75) is 32.0 Å². The summed E-state index contributed by atoms with van der Waals surface area (Å²) in [5.74, 6) is 1.32. The molecule has 2 amide bonds. The lowest BCUT2D eigenvalue weighted by Crippen LogP contribution is -2.54. The normalized spacial score (nSPS) is 15.4. The van der Waals surface area contributed by atoms with E-state index >= 15 is 0 Å². The molecule has 1 unspecified atom stereocenters. The van der Waals surface area contributed by atoms with Crippen LogP contribution in [0.1, 0.15) is 28.4 Å². The minimum absolute atomic E-state index is 0.0298. The molecule has 0 bridgehead atoms. The lowest BCUT2D eigenvalue weighted by atomic mass is 10.1. The number of hydrogen-bond acceptors (Lipinski definition) is 7. The van der Waals surface area contributed by atoms with Gasteiger partial charge >= 0.3 is 0 Å². The maximum Gasteiger partial charge on any atom is 0.254 e. The third-order valence-corrected chi connectivity index (χ3v) is 7.35. The van der Waals surface area contributed by atoms with Crippen LogP contribution in [0, 0.1) is 13.8 Å². The molecule has 1 aromatic heterocycles. The van der Waals surface area contributed by atoms with E-state index in [2.05, 4.69) is 20.2 Å². The van der Waals surface area contributed by atoms with Gasteiger partial charge in [0, 0.05) is 43.0 Å². The Morgan fingerprint density at radius 3 is 2.65 bits per heavy atom. The number of ether oxygens (including phenoxy) is 1. The van der Waals surface area contributed by atoms with Gasteiger partial charge < -0.3 is 19.9 Å². The number of benzene rings is 2. The molecule has 3 aromatic rings. The van der Waals surface area contributed by atoms with E-state index in [0.717, 1.165) is 11.3 Å². The van der Waals surface area contributed by atoms with Crippen LogP contribution >= 0.6 is 23.4 Å². The number of nitrogens with zero attached hydrogens (tertiary/aromatic N) is 4. The number of hydrogen-bond donors (Lipinski definition) is 1. The number of thioether (sulfide) groups is 1. The zero-order chi connectivity index (χ0) is 26.5. The fourth-order valence-electron chi connectivity index (χ4n) is 4.15. The van der Waals surface area contributed by atoms with Crippen LogP contribution in [0.2, 0.25) is 5.15 Å². The topological polar surface area (TPSA) is 87.7 Å². The van der Waals surface area contributed by atoms with E-state index < -0.39 is 0 Å². The van der Waals surface area contributed by atoms with Crippen molar-refractivity contribution >= 4 is 46.7 Å². The van der Waals surface area contributed by atoms with Gasteiger partial charge in [-0.3, -0.25) is 9.59 Å². The number of methoxy groups -OCH3 is 1. The number of halogens is 1. The van der Waals surface area contributed by atoms with Gasteiger partial charge in [-0.2, -0.15) is 0 Å². The van der Waals surface area contributed by atoms with Crippen LogP contribution in [0.15, 0.2) is 53.7 Å². The number of piperazine rings is 1. The number of nitrogens with one attached hydrogen (secondary N) is 1. The molecule has 0 saturated carbocycles. The highest BCUT2D eigenvalue weighted by Gasteiger charge is 2.29. The van der Waals surface area contributed by atoms with Gasteiger partial charge in [0.15, 0.2) is 5.16 Å². The van der Waals surface area contributed by atoms with Crippen LogP contribution in [0.5, 0.6) is 5.75 Å². The summed E-state index contributed by atoms with van der Waals surface area (Å²) in [6.07, 6.45) is 0. The quantitative estimate of drug-likeness (QED) is 0.261. The molecule has 2 heterocycles. The van der Waals surface area contributed by atoms with E-state index in [4.69, 9.17) is 16.3 Å². The molecule has 37 heavy (non-hydrogen) atoms. The standard InChI is InChI=1S/C27H30ClN5O3S/c1-17-8-9-21(12-18(17)2)29-25(34)16-37-27-30-23(28)14-24(31-27)32-10-11-33(19(3)15-32)26(35)20-6-5-7-22(13-20)36-4/h5-9,12-14,19H,10-11,15-16H2,1-4H3,(H,29,34). The maximum absolute atomic E-state index is 13.1. The lowest BCUT2D eigenvalue weighted by Gasteiger charge is -2.40. The summed E-state index contributed by atoms with van der Waals surface area (Å²) < 4.78 is 5.26. The number of amides is 2. The molecule has 0 radical (unpaired) electrons. The predicted molar refractivity (Wildman–Crippen MR) is 148 cm³/mol. The van der Waals surface area contributed by atoms with Crippen LogP contribution in [-0.2, 0) is 4.79 Å². The minimum atomic E-state index is -0.142. The molecule has 10 heteroatoms. The summed E-state index contributed by atoms with van der Waals surface area (Å²) in [5, 5.41) is 3.65. The van der Waals surface area contributed by atoms with Crippen molar-refractivity contribution in [3.63, 3.8) is 0 Å². The number of rotatable bonds is 7. The molecular weight excluding hydrogens is 510 g/mol. The first kappa shape index (κ1) is 26.8. The van der Waals surface area contributed by atoms with E-state index in [1.54, 1.807) is 25.3 Å². The van der Waals surface area contributed by atoms with Crippen molar-refractivity contribution in [3.8, 4) is 5.75 Å². The molecular formula is C27H30ClN5O3S. The first-order valence-electron chi connectivity index (χ1n) is 12.0. The highest BCUT2D eigenvalue weighted by Crippen LogP contribution is 2.25. The zero-order valence-electron chi connectivity index (χ0n) is 21.3. The molecule has 194 valence electrons. The Hall–Kier alpha value is -3.30. The van der Waals surface area contributed by atoms with Gasteiger partial charge in [0.2, 0.25) is 5.91 Å². The molecule has 1 atom stereocenters. The van der Waals surface area contributed by atoms with Gasteiger partial charge in [-0.25, -0.2) is 9.97 Å². The highest BCUT2D eigenvalue weighted by molar-refractivity contribution is 7.99. The fourth-order valence-corrected chi connectivity index (χ4v) is 5.03. The Labute approximate surface area is 226 Å². The van der Waals surface area contributed by atoms with E-state index in [-0.39, 0.29) is 23.6 Å². The van der Waals surface area contributed by atoms with Crippen LogP contribution < -0.4 is 15.0 Å². The molecule has 1 fully saturated rings. The number of aryl methyl sites for hydroxylation is 2. The average molecular weight is 540 g/mol. The minimum Gasteiger partial charge on any atom is -0.497 e. The van der Waals surface area contributed by atoms with Gasteiger partial charge in [0.25, 0.3) is 5.91 Å². The monoisotopic (exact) mass is 539 g/mol. The average Bonchev–Trinajstić information content (AvgIpc) is 2.89. The summed E-state index contributed by atoms with van der Waals surface area (Å²) in [4.78, 5) is 38.5. The zero-order valence-corrected chi connectivity index (χ0v) is 22.9. The van der Waals surface area contributed by atoms with Crippen LogP contribution in [0.3, 0.4) is 0 Å². The second-order valence-corrected chi connectivity index (χ2v) is 10.3. The van der Waals surface area contributed by atoms with Crippen molar-refractivity contribution < 1.29 is 14.3 Å². The van der Waals surface area contributed by atoms with Crippen LogP contribution in [0.4, 0.5) is 11.5 Å². The van der Waals surface area contributed by atoms with Gasteiger partial charge in [-0.1, -0.05) is 35.5 Å². The molecule has 8 nitrogen and oxygen atoms in total. The van der Waals surface area contributed by atoms with Crippen molar-refractivity contribution in [3.05, 3.63) is 70.4 Å². The Morgan fingerprint density at radius 1 is 1.11 bits per heavy atom. The smallest absolute Gasteiger partial charge is 0.254 e. The fraction of sp³-hybridized carbons (Fsp3) is 0.333. The molecule has 1 saturated heterocycles. The lowest BCUT2D eigenvalue weighted by molar-refractivity contribution is -0.113. The van der Waals surface area contributed by atoms with Crippen molar-refractivity contribution in [2.24, 2.45) is 0 Å². The largest absolute Gasteiger partial charge is 0.497 e. The summed E-state index contributed by atoms with van der Waals surface area (Å²) in [6, 6.07) is 14.7. The predicted octanol–water partition coefficient (Wildman–Crippen LogP) is 4.84. The van der Waals surface area contributed by atoms with Crippen molar-refractivity contribution in [2.75, 3.05) is 42.7 Å². The second kappa shape index (κ2) is 11.8. The van der Waals surface area contributed by atoms with Gasteiger partial charge in [0.1, 0.15) is 16.7 Å². The van der Waals surface area contributed by atoms with Gasteiger partial charge in [-0.15, -0.1) is 0 Å². The third kappa shape index (κ3) is 6.72. The van der Waals surface area contributed by atoms with E-state index in [0.29, 0.717) is 47.1 Å². The van der Waals surface area contributed by atoms with Crippen molar-refractivity contribution in [1.29, 1.82) is 0 Å². The third-order valence-electron chi connectivity index (χ3n) is 6.31. The highest BCUT2D eigenvalue weighted by atomic mass is 35.5. The summed E-state index contributed by atoms with van der Waals surface area (Å²) in [6.45, 7) is 7.80. The van der Waals surface area contributed by atoms with E-state index in [1.807, 2.05) is 56.0 Å². The number of aromatic nitrogens is 2. The maximum atomic E-state index is 13.1. The SMILES string of the molecule is COc1cccc(C(=O)N2CCN(c3cc(Cl)nc(SCC(=O)Nc4ccc(C)c(C)c4)n3)CC2C)c1. The van der Waals surface area contributed by atoms with Crippen molar-refractivity contribution in [1.82, 2.24) is 14.9 Å². The molecule has 0 spiro atoms. The van der Waals surface area contributed by atoms with E-state index in [1.165, 1.54) is 17.3 Å². The van der Waals surface area contributed by atoms with Gasteiger partial charge in [0.05, 0.1) is 12.9 Å². The summed E-state index contributed by atoms with van der Waals surface area (Å²) in [7, 11) is 1.59. The van der Waals surface area contributed by atoms with Gasteiger partial charge in [-0.05, 0) is 62.2 Å². The molecule has 1 aliphatic heterocycles. The van der Waals surface area contributed by atoms with Crippen LogP contribution in [0.25, 0.3) is 0 Å². The Balaban J connectivity index is 1.37. The Bertz CT molecular complexity index is 1300. The molecule has 0 aliphatic carbocycles. The number of carbonyl (C=O) groups is 2. The molecule has 1 N–H and O–H groups in total. The number of anilines is 2. The van der Waals surface area contributed by atoms with E-state index in [9.17, 15) is 9.59 Å². The molecule has 4 rings (SSSR count). The number of carbonyl (C=O) groups excluding carboxylic acids is 2.